The summed E-state index contributed by atoms with van der Waals surface area (Å²) in [6.07, 6.45) is 0. The zero-order valence-electron chi connectivity index (χ0n) is 28.5. The summed E-state index contributed by atoms with van der Waals surface area (Å²) >= 11 is 1.79. The second-order valence-electron chi connectivity index (χ2n) is 13.9. The molecule has 0 saturated heterocycles. The Morgan fingerprint density at radius 2 is 0.981 bits per heavy atom. The minimum Gasteiger partial charge on any atom is -0.309 e. The molecule has 0 radical (unpaired) electrons. The van der Waals surface area contributed by atoms with Crippen molar-refractivity contribution in [2.45, 2.75) is 0 Å². The quantitative estimate of drug-likeness (QED) is 0.180. The van der Waals surface area contributed by atoms with Gasteiger partial charge in [-0.25, -0.2) is 4.98 Å². The molecule has 0 amide bonds. The fourth-order valence-electron chi connectivity index (χ4n) is 8.78. The SMILES string of the molecule is c1ccc(-c2nc3c(s2)-c2cccc4c(-n5c6ccccc6c6cc(-c7ccc8c(c7)c7ccccc7n8-c7ccccc7)ccc65)ccc-3c24)cc1. The third kappa shape index (κ3) is 4.07. The number of aromatic nitrogens is 3. The van der Waals surface area contributed by atoms with Crippen molar-refractivity contribution in [3.63, 3.8) is 0 Å². The van der Waals surface area contributed by atoms with Gasteiger partial charge in [-0.3, -0.25) is 0 Å². The summed E-state index contributed by atoms with van der Waals surface area (Å²) in [5, 5.41) is 8.64. The number of hydrogen-bond acceptors (Lipinski definition) is 2. The van der Waals surface area contributed by atoms with E-state index < -0.39 is 0 Å². The molecule has 0 saturated carbocycles. The summed E-state index contributed by atoms with van der Waals surface area (Å²) < 4.78 is 4.84. The fraction of sp³-hybridized carbons (Fsp3) is 0. The molecule has 246 valence electrons. The highest BCUT2D eigenvalue weighted by molar-refractivity contribution is 7.19. The van der Waals surface area contributed by atoms with Crippen molar-refractivity contribution in [1.82, 2.24) is 14.1 Å². The zero-order valence-corrected chi connectivity index (χ0v) is 29.3. The van der Waals surface area contributed by atoms with Crippen molar-refractivity contribution in [1.29, 1.82) is 0 Å². The second-order valence-corrected chi connectivity index (χ2v) is 14.9. The van der Waals surface area contributed by atoms with Gasteiger partial charge in [0.2, 0.25) is 0 Å². The van der Waals surface area contributed by atoms with Crippen molar-refractivity contribution in [2.24, 2.45) is 0 Å². The van der Waals surface area contributed by atoms with Crippen molar-refractivity contribution in [3.05, 3.63) is 176 Å². The number of para-hydroxylation sites is 3. The average molecular weight is 692 g/mol. The lowest BCUT2D eigenvalue weighted by Crippen LogP contribution is -1.96. The highest BCUT2D eigenvalue weighted by Crippen LogP contribution is 2.52. The molecule has 1 aliphatic carbocycles. The van der Waals surface area contributed by atoms with Crippen LogP contribution in [0.5, 0.6) is 0 Å². The maximum absolute atomic E-state index is 5.19. The molecule has 0 unspecified atom stereocenters. The molecule has 53 heavy (non-hydrogen) atoms. The van der Waals surface area contributed by atoms with E-state index in [4.69, 9.17) is 4.98 Å². The Labute approximate surface area is 309 Å². The van der Waals surface area contributed by atoms with Crippen molar-refractivity contribution in [2.75, 3.05) is 0 Å². The van der Waals surface area contributed by atoms with E-state index in [1.54, 1.807) is 11.3 Å². The molecule has 3 aromatic heterocycles. The van der Waals surface area contributed by atoms with E-state index >= 15 is 0 Å². The van der Waals surface area contributed by atoms with Gasteiger partial charge in [-0.1, -0.05) is 121 Å². The lowest BCUT2D eigenvalue weighted by atomic mass is 10.0. The molecule has 11 aromatic rings. The van der Waals surface area contributed by atoms with E-state index in [0.717, 1.165) is 10.7 Å². The van der Waals surface area contributed by atoms with Crippen LogP contribution in [0.15, 0.2) is 176 Å². The lowest BCUT2D eigenvalue weighted by Gasteiger charge is -2.13. The monoisotopic (exact) mass is 691 g/mol. The highest BCUT2D eigenvalue weighted by Gasteiger charge is 2.28. The molecule has 1 aliphatic rings. The largest absolute Gasteiger partial charge is 0.309 e. The van der Waals surface area contributed by atoms with Crippen LogP contribution >= 0.6 is 11.3 Å². The first-order valence-corrected chi connectivity index (χ1v) is 18.9. The first kappa shape index (κ1) is 28.9. The molecule has 4 heteroatoms. The van der Waals surface area contributed by atoms with Gasteiger partial charge < -0.3 is 9.13 Å². The van der Waals surface area contributed by atoms with Crippen LogP contribution in [0.3, 0.4) is 0 Å². The number of nitrogens with zero attached hydrogens (tertiary/aromatic N) is 3. The molecule has 0 fully saturated rings. The standard InChI is InChI=1S/C49H29N3S/c1-3-12-30(13-4-1)49-50-47-37-24-27-43(36-18-11-19-38(46(36)37)48(47)53-49)52-42-21-10-8-17-35(42)40-29-32(23-26-45(40)52)31-22-25-44-39(28-31)34-16-7-9-20-41(34)51(44)33-14-5-2-6-15-33/h1-29H. The Morgan fingerprint density at radius 1 is 0.396 bits per heavy atom. The Hall–Kier alpha value is -6.75. The third-order valence-electron chi connectivity index (χ3n) is 11.1. The second kappa shape index (κ2) is 10.9. The minimum atomic E-state index is 1.07. The number of thiazole rings is 1. The first-order valence-electron chi connectivity index (χ1n) is 18.1. The Morgan fingerprint density at radius 3 is 1.70 bits per heavy atom. The van der Waals surface area contributed by atoms with Crippen LogP contribution in [-0.4, -0.2) is 14.1 Å². The van der Waals surface area contributed by atoms with E-state index in [-0.39, 0.29) is 0 Å². The van der Waals surface area contributed by atoms with Crippen molar-refractivity contribution in [3.8, 4) is 54.8 Å². The summed E-state index contributed by atoms with van der Waals surface area (Å²) in [6.45, 7) is 0. The zero-order chi connectivity index (χ0) is 34.6. The van der Waals surface area contributed by atoms with Crippen LogP contribution in [0.4, 0.5) is 0 Å². The molecule has 0 atom stereocenters. The fourth-order valence-corrected chi connectivity index (χ4v) is 9.90. The molecular formula is C49H29N3S. The molecule has 0 spiro atoms. The number of benzene rings is 8. The van der Waals surface area contributed by atoms with Gasteiger partial charge in [-0.2, -0.15) is 0 Å². The molecule has 8 aromatic carbocycles. The van der Waals surface area contributed by atoms with Gasteiger partial charge in [0.15, 0.2) is 0 Å². The van der Waals surface area contributed by atoms with E-state index in [0.29, 0.717) is 0 Å². The predicted molar refractivity (Wildman–Crippen MR) is 224 cm³/mol. The van der Waals surface area contributed by atoms with Gasteiger partial charge in [0.05, 0.1) is 38.3 Å². The Balaban J connectivity index is 1.03. The Kier molecular flexibility index (Phi) is 5.93. The first-order chi connectivity index (χ1) is 26.3. The molecule has 0 aliphatic heterocycles. The summed E-state index contributed by atoms with van der Waals surface area (Å²) in [5.74, 6) is 0. The van der Waals surface area contributed by atoms with E-state index in [1.165, 1.54) is 98.5 Å². The van der Waals surface area contributed by atoms with Gasteiger partial charge in [0.25, 0.3) is 0 Å². The van der Waals surface area contributed by atoms with Gasteiger partial charge >= 0.3 is 0 Å². The predicted octanol–water partition coefficient (Wildman–Crippen LogP) is 13.5. The topological polar surface area (TPSA) is 22.8 Å². The van der Waals surface area contributed by atoms with Crippen LogP contribution in [-0.2, 0) is 0 Å². The number of fused-ring (bicyclic) bond motifs is 9. The van der Waals surface area contributed by atoms with Gasteiger partial charge in [0.1, 0.15) is 5.01 Å². The van der Waals surface area contributed by atoms with Gasteiger partial charge in [-0.15, -0.1) is 11.3 Å². The number of rotatable bonds is 4. The lowest BCUT2D eigenvalue weighted by molar-refractivity contribution is 1.18. The van der Waals surface area contributed by atoms with Crippen molar-refractivity contribution < 1.29 is 0 Å². The summed E-state index contributed by atoms with van der Waals surface area (Å²) in [6, 6.07) is 64.0. The van der Waals surface area contributed by atoms with Gasteiger partial charge in [0, 0.05) is 54.7 Å². The van der Waals surface area contributed by atoms with Crippen LogP contribution in [0.1, 0.15) is 0 Å². The summed E-state index contributed by atoms with van der Waals surface area (Å²) in [4.78, 5) is 6.46. The summed E-state index contributed by atoms with van der Waals surface area (Å²) in [7, 11) is 0. The minimum absolute atomic E-state index is 1.07. The van der Waals surface area contributed by atoms with Crippen LogP contribution in [0.2, 0.25) is 0 Å². The van der Waals surface area contributed by atoms with Gasteiger partial charge in [-0.05, 0) is 65.7 Å². The molecule has 12 rings (SSSR count). The molecule has 0 N–H and O–H groups in total. The van der Waals surface area contributed by atoms with E-state index in [9.17, 15) is 0 Å². The smallest absolute Gasteiger partial charge is 0.124 e. The average Bonchev–Trinajstić information content (AvgIpc) is 3.97. The highest BCUT2D eigenvalue weighted by atomic mass is 32.1. The molecular weight excluding hydrogens is 663 g/mol. The third-order valence-corrected chi connectivity index (χ3v) is 12.2. The maximum atomic E-state index is 5.19. The maximum Gasteiger partial charge on any atom is 0.124 e. The normalized spacial score (nSPS) is 12.2. The van der Waals surface area contributed by atoms with E-state index in [2.05, 4.69) is 185 Å². The Bertz CT molecular complexity index is 3250. The van der Waals surface area contributed by atoms with Crippen LogP contribution in [0.25, 0.3) is 109 Å². The van der Waals surface area contributed by atoms with E-state index in [1.807, 2.05) is 0 Å². The molecule has 3 heterocycles. The molecule has 0 bridgehead atoms. The van der Waals surface area contributed by atoms with Crippen molar-refractivity contribution >= 4 is 65.7 Å². The summed E-state index contributed by atoms with van der Waals surface area (Å²) in [5.41, 5.74) is 14.4. The number of hydrogen-bond donors (Lipinski definition) is 0. The van der Waals surface area contributed by atoms with Crippen LogP contribution < -0.4 is 0 Å². The molecule has 3 nitrogen and oxygen atoms in total. The van der Waals surface area contributed by atoms with Crippen LogP contribution in [0, 0.1) is 0 Å².